The number of carboxylic acids is 1. The number of carboxylic acid groups (broad SMARTS) is 1. The van der Waals surface area contributed by atoms with Crippen LogP contribution in [0, 0.1) is 35.1 Å². The Morgan fingerprint density at radius 3 is 2.19 bits per heavy atom. The number of hydrogen-bond donors (Lipinski definition) is 2. The van der Waals surface area contributed by atoms with Crippen LogP contribution < -0.4 is 5.32 Å². The van der Waals surface area contributed by atoms with Gasteiger partial charge in [-0.3, -0.25) is 9.59 Å². The van der Waals surface area contributed by atoms with Crippen molar-refractivity contribution in [2.24, 2.45) is 11.8 Å². The second kappa shape index (κ2) is 6.55. The molecule has 0 aromatic heterocycles. The van der Waals surface area contributed by atoms with E-state index in [1.165, 1.54) is 0 Å². The molecular formula is C13H13F4NO3. The van der Waals surface area contributed by atoms with Crippen molar-refractivity contribution in [2.45, 2.75) is 13.8 Å². The van der Waals surface area contributed by atoms with Gasteiger partial charge in [0.1, 0.15) is 0 Å². The zero-order valence-corrected chi connectivity index (χ0v) is 11.2. The van der Waals surface area contributed by atoms with E-state index >= 15 is 0 Å². The van der Waals surface area contributed by atoms with E-state index in [9.17, 15) is 27.2 Å². The van der Waals surface area contributed by atoms with Crippen LogP contribution in [0.15, 0.2) is 6.07 Å². The third-order valence-electron chi connectivity index (χ3n) is 2.95. The molecule has 0 bridgehead atoms. The van der Waals surface area contributed by atoms with Crippen molar-refractivity contribution in [2.75, 3.05) is 6.54 Å². The Labute approximate surface area is 117 Å². The largest absolute Gasteiger partial charge is 0.481 e. The zero-order valence-electron chi connectivity index (χ0n) is 11.2. The summed E-state index contributed by atoms with van der Waals surface area (Å²) in [5.41, 5.74) is -1.03. The molecule has 1 unspecified atom stereocenters. The molecular weight excluding hydrogens is 294 g/mol. The van der Waals surface area contributed by atoms with Crippen LogP contribution in [0.4, 0.5) is 17.6 Å². The van der Waals surface area contributed by atoms with Crippen molar-refractivity contribution in [3.8, 4) is 0 Å². The van der Waals surface area contributed by atoms with E-state index in [-0.39, 0.29) is 18.5 Å². The lowest BCUT2D eigenvalue weighted by Crippen LogP contribution is -2.36. The van der Waals surface area contributed by atoms with E-state index in [1.54, 1.807) is 13.8 Å². The molecule has 1 aromatic carbocycles. The Morgan fingerprint density at radius 2 is 1.71 bits per heavy atom. The minimum absolute atomic E-state index is 0.216. The molecule has 21 heavy (non-hydrogen) atoms. The molecule has 1 atom stereocenters. The highest BCUT2D eigenvalue weighted by Gasteiger charge is 2.26. The monoisotopic (exact) mass is 307 g/mol. The van der Waals surface area contributed by atoms with E-state index in [2.05, 4.69) is 5.32 Å². The van der Waals surface area contributed by atoms with Gasteiger partial charge in [-0.1, -0.05) is 13.8 Å². The second-order valence-corrected chi connectivity index (χ2v) is 4.75. The maximum Gasteiger partial charge on any atom is 0.308 e. The first-order chi connectivity index (χ1) is 9.66. The Hall–Kier alpha value is -2.12. The second-order valence-electron chi connectivity index (χ2n) is 4.75. The number of carbonyl (C=O) groups is 2. The smallest absolute Gasteiger partial charge is 0.308 e. The predicted octanol–water partition coefficient (Wildman–Crippen LogP) is 2.33. The lowest BCUT2D eigenvalue weighted by Gasteiger charge is -2.17. The summed E-state index contributed by atoms with van der Waals surface area (Å²) in [6, 6.07) is 0.216. The van der Waals surface area contributed by atoms with E-state index in [0.717, 1.165) is 0 Å². The van der Waals surface area contributed by atoms with Crippen LogP contribution >= 0.6 is 0 Å². The van der Waals surface area contributed by atoms with Gasteiger partial charge in [0.05, 0.1) is 11.5 Å². The molecule has 0 spiro atoms. The average molecular weight is 307 g/mol. The summed E-state index contributed by atoms with van der Waals surface area (Å²) >= 11 is 0. The number of nitrogens with one attached hydrogen (secondary N) is 1. The molecule has 0 fully saturated rings. The summed E-state index contributed by atoms with van der Waals surface area (Å²) < 4.78 is 52.1. The first-order valence-corrected chi connectivity index (χ1v) is 6.00. The van der Waals surface area contributed by atoms with Crippen molar-refractivity contribution >= 4 is 11.9 Å². The van der Waals surface area contributed by atoms with Crippen molar-refractivity contribution in [3.05, 3.63) is 34.9 Å². The lowest BCUT2D eigenvalue weighted by molar-refractivity contribution is -0.142. The Morgan fingerprint density at radius 1 is 1.14 bits per heavy atom. The van der Waals surface area contributed by atoms with Crippen LogP contribution in [0.2, 0.25) is 0 Å². The Balaban J connectivity index is 2.93. The van der Waals surface area contributed by atoms with E-state index in [0.29, 0.717) is 0 Å². The zero-order chi connectivity index (χ0) is 16.3. The van der Waals surface area contributed by atoms with Gasteiger partial charge in [-0.15, -0.1) is 0 Å². The fourth-order valence-electron chi connectivity index (χ4n) is 1.64. The molecule has 116 valence electrons. The number of halogens is 4. The highest BCUT2D eigenvalue weighted by atomic mass is 19.2. The van der Waals surface area contributed by atoms with Crippen molar-refractivity contribution in [3.63, 3.8) is 0 Å². The highest BCUT2D eigenvalue weighted by molar-refractivity contribution is 5.94. The maximum absolute atomic E-state index is 13.4. The Bertz CT molecular complexity index is 575. The van der Waals surface area contributed by atoms with Crippen molar-refractivity contribution < 1.29 is 32.3 Å². The Kier molecular flexibility index (Phi) is 5.28. The SMILES string of the molecule is CC(C)C(CNC(=O)c1cc(F)c(F)c(F)c1F)C(=O)O. The standard InChI is InChI=1S/C13H13F4NO3/c1-5(2)7(13(20)21)4-18-12(19)6-3-8(14)10(16)11(17)9(6)15/h3,5,7H,4H2,1-2H3,(H,18,19)(H,20,21). The minimum atomic E-state index is -2.10. The van der Waals surface area contributed by atoms with Crippen LogP contribution in [0.3, 0.4) is 0 Å². The molecule has 1 amide bonds. The molecule has 0 aliphatic rings. The van der Waals surface area contributed by atoms with Gasteiger partial charge in [-0.25, -0.2) is 17.6 Å². The summed E-state index contributed by atoms with van der Waals surface area (Å²) in [4.78, 5) is 22.5. The number of rotatable bonds is 5. The number of hydrogen-bond acceptors (Lipinski definition) is 2. The fourth-order valence-corrected chi connectivity index (χ4v) is 1.64. The number of aliphatic carboxylic acids is 1. The van der Waals surface area contributed by atoms with Crippen LogP contribution in [0.1, 0.15) is 24.2 Å². The molecule has 1 aromatic rings. The summed E-state index contributed by atoms with van der Waals surface area (Å²) in [6.07, 6.45) is 0. The molecule has 0 aliphatic heterocycles. The number of carbonyl (C=O) groups excluding carboxylic acids is 1. The van der Waals surface area contributed by atoms with Crippen LogP contribution in [-0.4, -0.2) is 23.5 Å². The van der Waals surface area contributed by atoms with Gasteiger partial charge in [0.25, 0.3) is 5.91 Å². The van der Waals surface area contributed by atoms with Gasteiger partial charge < -0.3 is 10.4 Å². The van der Waals surface area contributed by atoms with Gasteiger partial charge in [-0.05, 0) is 12.0 Å². The molecule has 1 rings (SSSR count). The number of benzene rings is 1. The molecule has 0 aliphatic carbocycles. The molecule has 4 nitrogen and oxygen atoms in total. The van der Waals surface area contributed by atoms with Crippen molar-refractivity contribution in [1.29, 1.82) is 0 Å². The lowest BCUT2D eigenvalue weighted by atomic mass is 9.96. The summed E-state index contributed by atoms with van der Waals surface area (Å²) in [5, 5.41) is 11.0. The predicted molar refractivity (Wildman–Crippen MR) is 64.6 cm³/mol. The first-order valence-electron chi connectivity index (χ1n) is 6.00. The quantitative estimate of drug-likeness (QED) is 0.498. The average Bonchev–Trinajstić information content (AvgIpc) is 2.39. The van der Waals surface area contributed by atoms with Gasteiger partial charge in [0.2, 0.25) is 0 Å². The topological polar surface area (TPSA) is 66.4 Å². The van der Waals surface area contributed by atoms with Crippen LogP contribution in [0.25, 0.3) is 0 Å². The molecule has 0 heterocycles. The van der Waals surface area contributed by atoms with Gasteiger partial charge in [0, 0.05) is 6.54 Å². The first kappa shape index (κ1) is 16.9. The van der Waals surface area contributed by atoms with E-state index < -0.39 is 46.6 Å². The minimum Gasteiger partial charge on any atom is -0.481 e. The third kappa shape index (κ3) is 3.71. The summed E-state index contributed by atoms with van der Waals surface area (Å²) in [6.45, 7) is 2.84. The fraction of sp³-hybridized carbons (Fsp3) is 0.385. The normalized spacial score (nSPS) is 12.3. The molecule has 0 saturated heterocycles. The van der Waals surface area contributed by atoms with Crippen LogP contribution in [0.5, 0.6) is 0 Å². The van der Waals surface area contributed by atoms with E-state index in [1.807, 2.05) is 0 Å². The van der Waals surface area contributed by atoms with Gasteiger partial charge in [0.15, 0.2) is 23.3 Å². The summed E-state index contributed by atoms with van der Waals surface area (Å²) in [5.74, 6) is -11.3. The number of amides is 1. The van der Waals surface area contributed by atoms with Crippen LogP contribution in [-0.2, 0) is 4.79 Å². The third-order valence-corrected chi connectivity index (χ3v) is 2.95. The molecule has 2 N–H and O–H groups in total. The van der Waals surface area contributed by atoms with Gasteiger partial charge >= 0.3 is 5.97 Å². The molecule has 0 radical (unpaired) electrons. The summed E-state index contributed by atoms with van der Waals surface area (Å²) in [7, 11) is 0. The van der Waals surface area contributed by atoms with Gasteiger partial charge in [-0.2, -0.15) is 0 Å². The van der Waals surface area contributed by atoms with Crippen molar-refractivity contribution in [1.82, 2.24) is 5.32 Å². The molecule has 8 heteroatoms. The highest BCUT2D eigenvalue weighted by Crippen LogP contribution is 2.19. The molecule has 0 saturated carbocycles. The maximum atomic E-state index is 13.4. The van der Waals surface area contributed by atoms with E-state index in [4.69, 9.17) is 5.11 Å².